The van der Waals surface area contributed by atoms with Gasteiger partial charge in [0.05, 0.1) is 5.60 Å². The van der Waals surface area contributed by atoms with Crippen LogP contribution < -0.4 is 4.72 Å². The third kappa shape index (κ3) is 4.91. The summed E-state index contributed by atoms with van der Waals surface area (Å²) < 4.78 is 28.9. The summed E-state index contributed by atoms with van der Waals surface area (Å²) in [6.07, 6.45) is 10.9. The van der Waals surface area contributed by atoms with Crippen LogP contribution in [-0.4, -0.2) is 43.1 Å². The van der Waals surface area contributed by atoms with Gasteiger partial charge in [-0.2, -0.15) is 17.4 Å². The lowest BCUT2D eigenvalue weighted by Crippen LogP contribution is -2.50. The maximum absolute atomic E-state index is 12.4. The van der Waals surface area contributed by atoms with E-state index in [1.54, 1.807) is 7.05 Å². The number of nitrogens with one attached hydrogen (secondary N) is 1. The summed E-state index contributed by atoms with van der Waals surface area (Å²) in [5, 5.41) is 10.6. The van der Waals surface area contributed by atoms with Crippen molar-refractivity contribution in [3.63, 3.8) is 0 Å². The fourth-order valence-electron chi connectivity index (χ4n) is 3.53. The highest BCUT2D eigenvalue weighted by Crippen LogP contribution is 2.27. The minimum absolute atomic E-state index is 0.111. The summed E-state index contributed by atoms with van der Waals surface area (Å²) in [5.41, 5.74) is -0.864. The van der Waals surface area contributed by atoms with Gasteiger partial charge in [-0.3, -0.25) is 0 Å². The van der Waals surface area contributed by atoms with Crippen molar-refractivity contribution in [3.05, 3.63) is 0 Å². The van der Waals surface area contributed by atoms with E-state index >= 15 is 0 Å². The Hall–Kier alpha value is -0.170. The van der Waals surface area contributed by atoms with Gasteiger partial charge in [-0.1, -0.05) is 44.9 Å². The number of hydrogen-bond acceptors (Lipinski definition) is 3. The molecule has 2 aliphatic rings. The van der Waals surface area contributed by atoms with Crippen LogP contribution in [0, 0.1) is 0 Å². The zero-order chi connectivity index (χ0) is 15.3. The predicted octanol–water partition coefficient (Wildman–Crippen LogP) is 2.17. The zero-order valence-electron chi connectivity index (χ0n) is 13.2. The highest BCUT2D eigenvalue weighted by atomic mass is 32.2. The van der Waals surface area contributed by atoms with E-state index in [-0.39, 0.29) is 12.6 Å². The summed E-state index contributed by atoms with van der Waals surface area (Å²) >= 11 is 0. The van der Waals surface area contributed by atoms with E-state index in [2.05, 4.69) is 4.72 Å². The number of aliphatic hydroxyl groups is 1. The molecule has 2 rings (SSSR count). The first-order valence-electron chi connectivity index (χ1n) is 8.38. The Labute approximate surface area is 129 Å². The van der Waals surface area contributed by atoms with Crippen LogP contribution in [0.1, 0.15) is 70.6 Å². The minimum atomic E-state index is -3.49. The molecule has 2 fully saturated rings. The predicted molar refractivity (Wildman–Crippen MR) is 84.2 cm³/mol. The Morgan fingerprint density at radius 1 is 1.05 bits per heavy atom. The molecule has 5 nitrogen and oxygen atoms in total. The van der Waals surface area contributed by atoms with Crippen molar-refractivity contribution in [3.8, 4) is 0 Å². The van der Waals surface area contributed by atoms with Gasteiger partial charge < -0.3 is 5.11 Å². The number of hydrogen-bond donors (Lipinski definition) is 2. The molecular weight excluding hydrogens is 288 g/mol. The van der Waals surface area contributed by atoms with Gasteiger partial charge in [-0.25, -0.2) is 0 Å². The van der Waals surface area contributed by atoms with Crippen LogP contribution in [0.25, 0.3) is 0 Å². The molecule has 21 heavy (non-hydrogen) atoms. The van der Waals surface area contributed by atoms with Gasteiger partial charge in [0.25, 0.3) is 10.2 Å². The molecule has 0 radical (unpaired) electrons. The lowest BCUT2D eigenvalue weighted by Gasteiger charge is -2.32. The van der Waals surface area contributed by atoms with Crippen molar-refractivity contribution < 1.29 is 13.5 Å². The van der Waals surface area contributed by atoms with E-state index < -0.39 is 15.8 Å². The molecule has 2 saturated carbocycles. The normalized spacial score (nSPS) is 24.9. The molecule has 0 saturated heterocycles. The molecule has 0 spiro atoms. The number of nitrogens with zero attached hydrogens (tertiary/aromatic N) is 1. The third-order valence-electron chi connectivity index (χ3n) is 5.09. The maximum atomic E-state index is 12.4. The molecule has 0 aromatic heterocycles. The van der Waals surface area contributed by atoms with E-state index in [4.69, 9.17) is 0 Å². The quantitative estimate of drug-likeness (QED) is 0.763. The van der Waals surface area contributed by atoms with E-state index in [9.17, 15) is 13.5 Å². The van der Waals surface area contributed by atoms with Crippen molar-refractivity contribution in [2.75, 3.05) is 13.6 Å². The topological polar surface area (TPSA) is 69.6 Å². The minimum Gasteiger partial charge on any atom is -0.389 e. The van der Waals surface area contributed by atoms with Gasteiger partial charge in [0, 0.05) is 19.6 Å². The Morgan fingerprint density at radius 2 is 1.57 bits per heavy atom. The summed E-state index contributed by atoms with van der Waals surface area (Å²) in [6.45, 7) is 0.145. The Morgan fingerprint density at radius 3 is 2.14 bits per heavy atom. The first-order valence-corrected chi connectivity index (χ1v) is 9.82. The molecule has 0 aromatic carbocycles. The Balaban J connectivity index is 1.90. The highest BCUT2D eigenvalue weighted by Gasteiger charge is 2.32. The first-order chi connectivity index (χ1) is 9.93. The molecule has 0 aromatic rings. The maximum Gasteiger partial charge on any atom is 0.279 e. The first kappa shape index (κ1) is 17.2. The monoisotopic (exact) mass is 318 g/mol. The van der Waals surface area contributed by atoms with Gasteiger partial charge in [-0.05, 0) is 25.7 Å². The molecule has 6 heteroatoms. The van der Waals surface area contributed by atoms with E-state index in [1.165, 1.54) is 10.7 Å². The largest absolute Gasteiger partial charge is 0.389 e. The lowest BCUT2D eigenvalue weighted by atomic mass is 9.95. The molecule has 0 aliphatic heterocycles. The summed E-state index contributed by atoms with van der Waals surface area (Å²) in [7, 11) is -1.82. The van der Waals surface area contributed by atoms with Crippen LogP contribution in [0.5, 0.6) is 0 Å². The van der Waals surface area contributed by atoms with Crippen LogP contribution in [0.15, 0.2) is 0 Å². The SMILES string of the molecule is CN(C1CCCCC1)S(=O)(=O)NCC1(O)CCCCCC1. The molecule has 0 amide bonds. The average molecular weight is 318 g/mol. The molecular formula is C15H30N2O3S. The van der Waals surface area contributed by atoms with Crippen LogP contribution in [0.3, 0.4) is 0 Å². The standard InChI is InChI=1S/C15H30N2O3S/c1-17(14-9-5-4-6-10-14)21(19,20)16-13-15(18)11-7-2-3-8-12-15/h14,16,18H,2-13H2,1H3. The van der Waals surface area contributed by atoms with E-state index in [0.29, 0.717) is 12.8 Å². The van der Waals surface area contributed by atoms with Crippen molar-refractivity contribution in [1.29, 1.82) is 0 Å². The summed E-state index contributed by atoms with van der Waals surface area (Å²) in [4.78, 5) is 0. The fraction of sp³-hybridized carbons (Fsp3) is 1.00. The van der Waals surface area contributed by atoms with Crippen molar-refractivity contribution in [2.24, 2.45) is 0 Å². The lowest BCUT2D eigenvalue weighted by molar-refractivity contribution is 0.0298. The van der Waals surface area contributed by atoms with Crippen LogP contribution in [0.4, 0.5) is 0 Å². The van der Waals surface area contributed by atoms with Gasteiger partial charge in [0.2, 0.25) is 0 Å². The van der Waals surface area contributed by atoms with Gasteiger partial charge in [0.15, 0.2) is 0 Å². The van der Waals surface area contributed by atoms with Crippen molar-refractivity contribution >= 4 is 10.2 Å². The summed E-state index contributed by atoms with van der Waals surface area (Å²) in [5.74, 6) is 0. The molecule has 0 heterocycles. The van der Waals surface area contributed by atoms with Crippen molar-refractivity contribution in [2.45, 2.75) is 82.3 Å². The molecule has 2 N–H and O–H groups in total. The second-order valence-corrected chi connectivity index (χ2v) is 8.59. The second kappa shape index (κ2) is 7.40. The fourth-order valence-corrected chi connectivity index (χ4v) is 4.79. The van der Waals surface area contributed by atoms with Crippen LogP contribution >= 0.6 is 0 Å². The Bertz CT molecular complexity index is 411. The third-order valence-corrected chi connectivity index (χ3v) is 6.65. The summed E-state index contributed by atoms with van der Waals surface area (Å²) in [6, 6.07) is 0.111. The second-order valence-electron chi connectivity index (χ2n) is 6.77. The van der Waals surface area contributed by atoms with E-state index in [0.717, 1.165) is 51.4 Å². The van der Waals surface area contributed by atoms with Crippen molar-refractivity contribution in [1.82, 2.24) is 9.03 Å². The molecule has 2 aliphatic carbocycles. The molecule has 0 bridgehead atoms. The zero-order valence-corrected chi connectivity index (χ0v) is 14.0. The van der Waals surface area contributed by atoms with Crippen LogP contribution in [0.2, 0.25) is 0 Å². The smallest absolute Gasteiger partial charge is 0.279 e. The molecule has 124 valence electrons. The van der Waals surface area contributed by atoms with Gasteiger partial charge in [0.1, 0.15) is 0 Å². The van der Waals surface area contributed by atoms with Crippen LogP contribution in [-0.2, 0) is 10.2 Å². The number of rotatable bonds is 5. The average Bonchev–Trinajstić information content (AvgIpc) is 2.71. The Kier molecular flexibility index (Phi) is 6.05. The van der Waals surface area contributed by atoms with Gasteiger partial charge >= 0.3 is 0 Å². The molecule has 0 unspecified atom stereocenters. The molecule has 0 atom stereocenters. The highest BCUT2D eigenvalue weighted by molar-refractivity contribution is 7.87. The van der Waals surface area contributed by atoms with E-state index in [1.807, 2.05) is 0 Å². The van der Waals surface area contributed by atoms with Gasteiger partial charge in [-0.15, -0.1) is 0 Å².